The molecule has 0 unspecified atom stereocenters. The molecule has 1 aliphatic rings. The van der Waals surface area contributed by atoms with Crippen molar-refractivity contribution in [3.63, 3.8) is 0 Å². The maximum atomic E-state index is 13.0. The standard InChI is InChI=1S/C20H16Cl2F2N4O7S/c21-12-5-9(28-20(32)25-19(31)16(26-28)18(23)24)6-13(22)17(12)35-11-1-2-14(30)15(7-11)36(33,34)27-8-3-10(29)4-8/h1-2,5-8,10,18,27,29-30H,3-4H2,(H,25,31,32). The van der Waals surface area contributed by atoms with Gasteiger partial charge in [0.2, 0.25) is 10.0 Å². The summed E-state index contributed by atoms with van der Waals surface area (Å²) in [4.78, 5) is 24.8. The topological polar surface area (TPSA) is 164 Å². The summed E-state index contributed by atoms with van der Waals surface area (Å²) in [6.07, 6.45) is -3.38. The molecule has 1 fully saturated rings. The van der Waals surface area contributed by atoms with Crippen LogP contribution in [0.1, 0.15) is 25.0 Å². The van der Waals surface area contributed by atoms with E-state index in [0.29, 0.717) is 4.68 Å². The molecule has 1 heterocycles. The number of aromatic nitrogens is 3. The van der Waals surface area contributed by atoms with Crippen LogP contribution in [0.4, 0.5) is 8.78 Å². The van der Waals surface area contributed by atoms with E-state index in [0.717, 1.165) is 24.3 Å². The van der Waals surface area contributed by atoms with Gasteiger partial charge in [-0.15, -0.1) is 0 Å². The first-order valence-corrected chi connectivity index (χ1v) is 12.3. The Morgan fingerprint density at radius 1 is 1.17 bits per heavy atom. The first kappa shape index (κ1) is 26.0. The summed E-state index contributed by atoms with van der Waals surface area (Å²) in [6.45, 7) is 0. The van der Waals surface area contributed by atoms with Crippen LogP contribution in [-0.4, -0.2) is 45.5 Å². The number of H-pyrrole nitrogens is 1. The number of phenols is 1. The second kappa shape index (κ2) is 9.78. The van der Waals surface area contributed by atoms with Crippen LogP contribution in [0.3, 0.4) is 0 Å². The minimum Gasteiger partial charge on any atom is -0.507 e. The Bertz CT molecular complexity index is 1530. The summed E-state index contributed by atoms with van der Waals surface area (Å²) in [5.41, 5.74) is -3.82. The van der Waals surface area contributed by atoms with Gasteiger partial charge >= 0.3 is 5.69 Å². The van der Waals surface area contributed by atoms with Crippen molar-refractivity contribution in [3.8, 4) is 22.9 Å². The molecule has 11 nitrogen and oxygen atoms in total. The number of nitrogens with one attached hydrogen (secondary N) is 2. The van der Waals surface area contributed by atoms with Crippen molar-refractivity contribution in [2.75, 3.05) is 0 Å². The first-order chi connectivity index (χ1) is 16.9. The molecule has 192 valence electrons. The Morgan fingerprint density at radius 2 is 1.81 bits per heavy atom. The number of sulfonamides is 1. The molecule has 1 saturated carbocycles. The molecule has 2 aromatic carbocycles. The van der Waals surface area contributed by atoms with Crippen molar-refractivity contribution in [1.29, 1.82) is 0 Å². The predicted molar refractivity (Wildman–Crippen MR) is 123 cm³/mol. The third-order valence-corrected chi connectivity index (χ3v) is 7.27. The zero-order valence-electron chi connectivity index (χ0n) is 17.8. The third kappa shape index (κ3) is 5.22. The number of aromatic hydroxyl groups is 1. The Labute approximate surface area is 210 Å². The van der Waals surface area contributed by atoms with Crippen molar-refractivity contribution in [1.82, 2.24) is 19.5 Å². The molecule has 16 heteroatoms. The van der Waals surface area contributed by atoms with E-state index in [1.807, 2.05) is 0 Å². The molecule has 0 bridgehead atoms. The highest BCUT2D eigenvalue weighted by Gasteiger charge is 2.32. The number of alkyl halides is 2. The number of nitrogens with zero attached hydrogens (tertiary/aromatic N) is 2. The van der Waals surface area contributed by atoms with Gasteiger partial charge in [0.15, 0.2) is 11.4 Å². The van der Waals surface area contributed by atoms with Gasteiger partial charge < -0.3 is 14.9 Å². The highest BCUT2D eigenvalue weighted by molar-refractivity contribution is 7.89. The Hall–Kier alpha value is -3.04. The number of aliphatic hydroxyl groups excluding tert-OH is 1. The fraction of sp³-hybridized carbons (Fsp3) is 0.250. The number of ether oxygens (including phenoxy) is 1. The Kier molecular flexibility index (Phi) is 7.07. The average Bonchev–Trinajstić information content (AvgIpc) is 2.75. The van der Waals surface area contributed by atoms with E-state index in [1.54, 1.807) is 4.98 Å². The van der Waals surface area contributed by atoms with Crippen LogP contribution in [0.25, 0.3) is 5.69 Å². The highest BCUT2D eigenvalue weighted by atomic mass is 35.5. The fourth-order valence-corrected chi connectivity index (χ4v) is 5.28. The van der Waals surface area contributed by atoms with Gasteiger partial charge in [0.1, 0.15) is 16.4 Å². The lowest BCUT2D eigenvalue weighted by atomic mass is 9.91. The molecular weight excluding hydrogens is 549 g/mol. The van der Waals surface area contributed by atoms with E-state index in [1.165, 1.54) is 6.07 Å². The minimum absolute atomic E-state index is 0.0855. The normalized spacial score (nSPS) is 17.7. The number of hydrogen-bond acceptors (Lipinski definition) is 8. The van der Waals surface area contributed by atoms with Gasteiger partial charge in [0.25, 0.3) is 12.0 Å². The van der Waals surface area contributed by atoms with Gasteiger partial charge in [-0.05, 0) is 37.1 Å². The average molecular weight is 565 g/mol. The Morgan fingerprint density at radius 3 is 2.39 bits per heavy atom. The van der Waals surface area contributed by atoms with Crippen LogP contribution >= 0.6 is 23.2 Å². The van der Waals surface area contributed by atoms with Crippen LogP contribution < -0.4 is 20.7 Å². The van der Waals surface area contributed by atoms with Crippen molar-refractivity contribution in [2.45, 2.75) is 36.3 Å². The molecular formula is C20H16Cl2F2N4O7S. The second-order valence-electron chi connectivity index (χ2n) is 7.77. The van der Waals surface area contributed by atoms with Crippen LogP contribution in [0.5, 0.6) is 17.2 Å². The molecule has 4 N–H and O–H groups in total. The maximum Gasteiger partial charge on any atom is 0.349 e. The fourth-order valence-electron chi connectivity index (χ4n) is 3.35. The molecule has 1 aliphatic carbocycles. The largest absolute Gasteiger partial charge is 0.507 e. The second-order valence-corrected chi connectivity index (χ2v) is 10.3. The molecule has 0 aliphatic heterocycles. The van der Waals surface area contributed by atoms with Crippen molar-refractivity contribution in [3.05, 3.63) is 66.9 Å². The maximum absolute atomic E-state index is 13.0. The van der Waals surface area contributed by atoms with E-state index in [-0.39, 0.29) is 40.1 Å². The summed E-state index contributed by atoms with van der Waals surface area (Å²) < 4.78 is 59.8. The number of benzene rings is 2. The van der Waals surface area contributed by atoms with Gasteiger partial charge in [-0.2, -0.15) is 9.78 Å². The summed E-state index contributed by atoms with van der Waals surface area (Å²) in [6, 6.07) is 5.06. The summed E-state index contributed by atoms with van der Waals surface area (Å²) in [7, 11) is -4.17. The lowest BCUT2D eigenvalue weighted by molar-refractivity contribution is 0.0712. The monoisotopic (exact) mass is 564 g/mol. The summed E-state index contributed by atoms with van der Waals surface area (Å²) >= 11 is 12.4. The molecule has 0 amide bonds. The van der Waals surface area contributed by atoms with Crippen LogP contribution in [0.2, 0.25) is 10.0 Å². The molecule has 36 heavy (non-hydrogen) atoms. The summed E-state index contributed by atoms with van der Waals surface area (Å²) in [5.74, 6) is -0.823. The predicted octanol–water partition coefficient (Wildman–Crippen LogP) is 2.46. The van der Waals surface area contributed by atoms with E-state index in [2.05, 4.69) is 9.82 Å². The zero-order chi connectivity index (χ0) is 26.4. The van der Waals surface area contributed by atoms with Crippen LogP contribution in [-0.2, 0) is 10.0 Å². The molecule has 0 atom stereocenters. The van der Waals surface area contributed by atoms with Gasteiger partial charge in [0.05, 0.1) is 21.8 Å². The minimum atomic E-state index is -4.17. The van der Waals surface area contributed by atoms with Gasteiger partial charge in [-0.3, -0.25) is 9.78 Å². The van der Waals surface area contributed by atoms with E-state index in [4.69, 9.17) is 27.9 Å². The third-order valence-electron chi connectivity index (χ3n) is 5.16. The molecule has 0 saturated heterocycles. The number of rotatable bonds is 7. The zero-order valence-corrected chi connectivity index (χ0v) is 20.1. The number of aromatic amines is 1. The van der Waals surface area contributed by atoms with E-state index < -0.39 is 56.2 Å². The van der Waals surface area contributed by atoms with Crippen molar-refractivity contribution < 1.29 is 32.1 Å². The Balaban J connectivity index is 1.66. The van der Waals surface area contributed by atoms with E-state index >= 15 is 0 Å². The molecule has 4 rings (SSSR count). The highest BCUT2D eigenvalue weighted by Crippen LogP contribution is 2.39. The van der Waals surface area contributed by atoms with Crippen LogP contribution in [0, 0.1) is 0 Å². The van der Waals surface area contributed by atoms with Gasteiger partial charge in [-0.25, -0.2) is 26.7 Å². The molecule has 1 aromatic heterocycles. The number of hydrogen-bond donors (Lipinski definition) is 4. The van der Waals surface area contributed by atoms with Crippen LogP contribution in [0.15, 0.2) is 44.8 Å². The molecule has 3 aromatic rings. The molecule has 0 radical (unpaired) electrons. The van der Waals surface area contributed by atoms with Gasteiger partial charge in [-0.1, -0.05) is 23.2 Å². The lowest BCUT2D eigenvalue weighted by Crippen LogP contribution is -2.46. The first-order valence-electron chi connectivity index (χ1n) is 10.1. The quantitative estimate of drug-likeness (QED) is 0.340. The number of aliphatic hydroxyl groups is 1. The van der Waals surface area contributed by atoms with Crippen molar-refractivity contribution >= 4 is 33.2 Å². The van der Waals surface area contributed by atoms with Crippen molar-refractivity contribution in [2.24, 2.45) is 0 Å². The van der Waals surface area contributed by atoms with Gasteiger partial charge in [0, 0.05) is 12.1 Å². The van der Waals surface area contributed by atoms with E-state index in [9.17, 15) is 37.0 Å². The number of halogens is 4. The summed E-state index contributed by atoms with van der Waals surface area (Å²) in [5, 5.41) is 22.4. The lowest BCUT2D eigenvalue weighted by Gasteiger charge is -2.31. The number of phenolic OH excluding ortho intramolecular Hbond substituents is 1. The molecule has 0 spiro atoms. The SMILES string of the molecule is O=c1[nH]c(=O)n(-c2cc(Cl)c(Oc3ccc(O)c(S(=O)(=O)NC4CC(O)C4)c3)c(Cl)c2)nc1C(F)F. The smallest absolute Gasteiger partial charge is 0.349 e.